The fourth-order valence-corrected chi connectivity index (χ4v) is 1.74. The van der Waals surface area contributed by atoms with Crippen molar-refractivity contribution >= 4 is 5.82 Å². The van der Waals surface area contributed by atoms with Gasteiger partial charge < -0.3 is 15.2 Å². The highest BCUT2D eigenvalue weighted by molar-refractivity contribution is 5.52. The van der Waals surface area contributed by atoms with Gasteiger partial charge in [-0.05, 0) is 37.1 Å². The fourth-order valence-electron chi connectivity index (χ4n) is 1.74. The molecule has 0 unspecified atom stereocenters. The van der Waals surface area contributed by atoms with Crippen LogP contribution in [0.2, 0.25) is 0 Å². The van der Waals surface area contributed by atoms with E-state index >= 15 is 0 Å². The number of rotatable bonds is 3. The summed E-state index contributed by atoms with van der Waals surface area (Å²) in [6.45, 7) is 4.01. The molecule has 0 atom stereocenters. The zero-order chi connectivity index (χ0) is 13.1. The number of hydrogen-bond acceptors (Lipinski definition) is 5. The molecule has 0 amide bonds. The summed E-state index contributed by atoms with van der Waals surface area (Å²) in [4.78, 5) is 7.88. The summed E-state index contributed by atoms with van der Waals surface area (Å²) in [5, 5.41) is 0. The Bertz CT molecular complexity index is 550. The summed E-state index contributed by atoms with van der Waals surface area (Å²) >= 11 is 0. The van der Waals surface area contributed by atoms with Gasteiger partial charge in [0.2, 0.25) is 5.75 Å². The standard InChI is InChI=1S/C13H15N3O2/c1-8-4-9(2)6-10(5-8)18-13-11(17-3)12(14)15-7-16-13/h4-7H,1-3H3,(H2,14,15,16). The van der Waals surface area contributed by atoms with E-state index < -0.39 is 0 Å². The number of aromatic nitrogens is 2. The first-order valence-electron chi connectivity index (χ1n) is 5.50. The quantitative estimate of drug-likeness (QED) is 0.899. The lowest BCUT2D eigenvalue weighted by Gasteiger charge is -2.10. The second-order valence-electron chi connectivity index (χ2n) is 4.02. The van der Waals surface area contributed by atoms with E-state index in [1.54, 1.807) is 0 Å². The van der Waals surface area contributed by atoms with Crippen LogP contribution in [0.5, 0.6) is 17.4 Å². The molecule has 0 spiro atoms. The summed E-state index contributed by atoms with van der Waals surface area (Å²) in [6, 6.07) is 5.91. The lowest BCUT2D eigenvalue weighted by atomic mass is 10.1. The van der Waals surface area contributed by atoms with Crippen molar-refractivity contribution in [2.24, 2.45) is 0 Å². The Morgan fingerprint density at radius 3 is 2.33 bits per heavy atom. The Labute approximate surface area is 106 Å². The Balaban J connectivity index is 2.36. The summed E-state index contributed by atoms with van der Waals surface area (Å²) < 4.78 is 10.8. The molecule has 1 aromatic heterocycles. The minimum Gasteiger partial charge on any atom is -0.489 e. The Morgan fingerprint density at radius 1 is 1.06 bits per heavy atom. The fraction of sp³-hybridized carbons (Fsp3) is 0.231. The maximum Gasteiger partial charge on any atom is 0.268 e. The molecule has 18 heavy (non-hydrogen) atoms. The van der Waals surface area contributed by atoms with Crippen LogP contribution in [0.3, 0.4) is 0 Å². The molecule has 5 nitrogen and oxygen atoms in total. The van der Waals surface area contributed by atoms with Gasteiger partial charge in [-0.15, -0.1) is 0 Å². The number of nitrogen functional groups attached to an aromatic ring is 1. The Hall–Kier alpha value is -2.30. The third-order valence-electron chi connectivity index (χ3n) is 2.41. The largest absolute Gasteiger partial charge is 0.489 e. The first kappa shape index (κ1) is 12.2. The number of anilines is 1. The topological polar surface area (TPSA) is 70.3 Å². The molecule has 0 saturated heterocycles. The van der Waals surface area contributed by atoms with Crippen LogP contribution in [0.15, 0.2) is 24.5 Å². The van der Waals surface area contributed by atoms with Gasteiger partial charge in [-0.25, -0.2) is 4.98 Å². The number of benzene rings is 1. The van der Waals surface area contributed by atoms with E-state index in [0.29, 0.717) is 17.4 Å². The van der Waals surface area contributed by atoms with Crippen molar-refractivity contribution in [1.82, 2.24) is 9.97 Å². The van der Waals surface area contributed by atoms with E-state index in [0.717, 1.165) is 11.1 Å². The number of ether oxygens (including phenoxy) is 2. The third-order valence-corrected chi connectivity index (χ3v) is 2.41. The van der Waals surface area contributed by atoms with Crippen LogP contribution < -0.4 is 15.2 Å². The molecule has 0 aliphatic carbocycles. The average Bonchev–Trinajstić information content (AvgIpc) is 2.27. The predicted octanol–water partition coefficient (Wildman–Crippen LogP) is 2.48. The molecular weight excluding hydrogens is 230 g/mol. The van der Waals surface area contributed by atoms with Gasteiger partial charge in [-0.2, -0.15) is 4.98 Å². The number of nitrogens with zero attached hydrogens (tertiary/aromatic N) is 2. The normalized spacial score (nSPS) is 10.2. The Kier molecular flexibility index (Phi) is 3.32. The van der Waals surface area contributed by atoms with Gasteiger partial charge in [0.15, 0.2) is 5.82 Å². The second kappa shape index (κ2) is 4.91. The Morgan fingerprint density at radius 2 is 1.72 bits per heavy atom. The van der Waals surface area contributed by atoms with Crippen molar-refractivity contribution in [2.45, 2.75) is 13.8 Å². The van der Waals surface area contributed by atoms with Crippen molar-refractivity contribution in [3.05, 3.63) is 35.7 Å². The maximum absolute atomic E-state index is 5.69. The molecule has 5 heteroatoms. The second-order valence-corrected chi connectivity index (χ2v) is 4.02. The number of aryl methyl sites for hydroxylation is 2. The zero-order valence-electron chi connectivity index (χ0n) is 10.6. The van der Waals surface area contributed by atoms with Crippen LogP contribution >= 0.6 is 0 Å². The van der Waals surface area contributed by atoms with E-state index in [2.05, 4.69) is 16.0 Å². The smallest absolute Gasteiger partial charge is 0.268 e. The van der Waals surface area contributed by atoms with Gasteiger partial charge >= 0.3 is 0 Å². The molecule has 0 fully saturated rings. The van der Waals surface area contributed by atoms with E-state index in [4.69, 9.17) is 15.2 Å². The third kappa shape index (κ3) is 2.51. The van der Waals surface area contributed by atoms with Crippen LogP contribution in [0.25, 0.3) is 0 Å². The number of nitrogens with two attached hydrogens (primary N) is 1. The van der Waals surface area contributed by atoms with Gasteiger partial charge in [0.05, 0.1) is 7.11 Å². The molecular formula is C13H15N3O2. The average molecular weight is 245 g/mol. The molecule has 0 aliphatic heterocycles. The lowest BCUT2D eigenvalue weighted by Crippen LogP contribution is -2.00. The first-order chi connectivity index (χ1) is 8.60. The molecule has 94 valence electrons. The molecule has 0 radical (unpaired) electrons. The van der Waals surface area contributed by atoms with Gasteiger partial charge in [0.1, 0.15) is 12.1 Å². The van der Waals surface area contributed by atoms with Crippen molar-refractivity contribution in [3.8, 4) is 17.4 Å². The molecule has 0 bridgehead atoms. The van der Waals surface area contributed by atoms with Crippen molar-refractivity contribution < 1.29 is 9.47 Å². The van der Waals surface area contributed by atoms with E-state index in [9.17, 15) is 0 Å². The molecule has 2 aromatic rings. The van der Waals surface area contributed by atoms with Crippen molar-refractivity contribution in [3.63, 3.8) is 0 Å². The molecule has 2 rings (SSSR count). The van der Waals surface area contributed by atoms with Gasteiger partial charge in [0.25, 0.3) is 5.88 Å². The van der Waals surface area contributed by atoms with Crippen LogP contribution in [-0.2, 0) is 0 Å². The van der Waals surface area contributed by atoms with E-state index in [1.807, 2.05) is 26.0 Å². The molecule has 0 saturated carbocycles. The van der Waals surface area contributed by atoms with E-state index in [1.165, 1.54) is 13.4 Å². The first-order valence-corrected chi connectivity index (χ1v) is 5.50. The molecule has 0 aliphatic rings. The van der Waals surface area contributed by atoms with Gasteiger partial charge in [0, 0.05) is 0 Å². The van der Waals surface area contributed by atoms with Crippen molar-refractivity contribution in [2.75, 3.05) is 12.8 Å². The summed E-state index contributed by atoms with van der Waals surface area (Å²) in [5.41, 5.74) is 7.92. The van der Waals surface area contributed by atoms with E-state index in [-0.39, 0.29) is 5.82 Å². The zero-order valence-corrected chi connectivity index (χ0v) is 10.6. The molecule has 2 N–H and O–H groups in total. The van der Waals surface area contributed by atoms with Gasteiger partial charge in [-0.3, -0.25) is 0 Å². The maximum atomic E-state index is 5.69. The minimum absolute atomic E-state index is 0.256. The van der Waals surface area contributed by atoms with Crippen LogP contribution in [0.1, 0.15) is 11.1 Å². The summed E-state index contributed by atoms with van der Waals surface area (Å²) in [6.07, 6.45) is 1.34. The predicted molar refractivity (Wildman–Crippen MR) is 69.0 cm³/mol. The molecule has 1 heterocycles. The summed E-state index contributed by atoms with van der Waals surface area (Å²) in [7, 11) is 1.50. The molecule has 1 aromatic carbocycles. The number of methoxy groups -OCH3 is 1. The highest BCUT2D eigenvalue weighted by Crippen LogP contribution is 2.32. The van der Waals surface area contributed by atoms with Gasteiger partial charge in [-0.1, -0.05) is 6.07 Å². The SMILES string of the molecule is COc1c(N)ncnc1Oc1cc(C)cc(C)c1. The highest BCUT2D eigenvalue weighted by Gasteiger charge is 2.12. The highest BCUT2D eigenvalue weighted by atomic mass is 16.5. The number of hydrogen-bond donors (Lipinski definition) is 1. The lowest BCUT2D eigenvalue weighted by molar-refractivity contribution is 0.369. The van der Waals surface area contributed by atoms with Crippen LogP contribution in [0, 0.1) is 13.8 Å². The summed E-state index contributed by atoms with van der Waals surface area (Å²) in [5.74, 6) is 1.61. The minimum atomic E-state index is 0.256. The van der Waals surface area contributed by atoms with Crippen LogP contribution in [-0.4, -0.2) is 17.1 Å². The van der Waals surface area contributed by atoms with Crippen LogP contribution in [0.4, 0.5) is 5.82 Å². The van der Waals surface area contributed by atoms with Crippen molar-refractivity contribution in [1.29, 1.82) is 0 Å². The monoisotopic (exact) mass is 245 g/mol.